The molecule has 2 aromatic carbocycles. The molecule has 0 fully saturated rings. The van der Waals surface area contributed by atoms with Gasteiger partial charge in [-0.25, -0.2) is 22.0 Å². The average Bonchev–Trinajstić information content (AvgIpc) is 3.22. The van der Waals surface area contributed by atoms with Crippen LogP contribution in [0.1, 0.15) is 0 Å². The first-order valence-corrected chi connectivity index (χ1v) is 10.1. The van der Waals surface area contributed by atoms with Gasteiger partial charge in [0.15, 0.2) is 0 Å². The van der Waals surface area contributed by atoms with Crippen LogP contribution in [0, 0.1) is 5.82 Å². The number of ether oxygens (including phenoxy) is 1. The van der Waals surface area contributed by atoms with Crippen LogP contribution in [0.5, 0.6) is 5.75 Å². The molecule has 138 valence electrons. The third kappa shape index (κ3) is 3.36. The molecule has 0 spiro atoms. The first-order chi connectivity index (χ1) is 13.0. The Balaban J connectivity index is 1.65. The van der Waals surface area contributed by atoms with E-state index < -0.39 is 10.0 Å². The van der Waals surface area contributed by atoms with Gasteiger partial charge in [0.2, 0.25) is 4.96 Å². The molecule has 7 nitrogen and oxygen atoms in total. The van der Waals surface area contributed by atoms with Crippen LogP contribution in [0.15, 0.2) is 58.8 Å². The van der Waals surface area contributed by atoms with Crippen molar-refractivity contribution in [3.63, 3.8) is 0 Å². The first-order valence-electron chi connectivity index (χ1n) is 7.73. The Labute approximate surface area is 158 Å². The summed E-state index contributed by atoms with van der Waals surface area (Å²) in [6, 6.07) is 11.9. The number of methoxy groups -OCH3 is 1. The molecule has 0 saturated heterocycles. The number of thiazole rings is 1. The maximum Gasteiger partial charge on any atom is 0.264 e. The second kappa shape index (κ2) is 6.63. The van der Waals surface area contributed by atoms with Gasteiger partial charge in [0.05, 0.1) is 17.7 Å². The molecule has 0 amide bonds. The summed E-state index contributed by atoms with van der Waals surface area (Å²) in [6.07, 6.45) is 0. The smallest absolute Gasteiger partial charge is 0.264 e. The molecule has 0 unspecified atom stereocenters. The number of sulfonamides is 1. The summed E-state index contributed by atoms with van der Waals surface area (Å²) < 4.78 is 47.1. The minimum absolute atomic E-state index is 0.0407. The molecule has 2 heterocycles. The minimum Gasteiger partial charge on any atom is -0.497 e. The zero-order chi connectivity index (χ0) is 19.0. The predicted molar refractivity (Wildman–Crippen MR) is 100 cm³/mol. The first kappa shape index (κ1) is 17.4. The van der Waals surface area contributed by atoms with Crippen molar-refractivity contribution in [3.05, 3.63) is 59.7 Å². The van der Waals surface area contributed by atoms with Crippen molar-refractivity contribution >= 4 is 32.3 Å². The van der Waals surface area contributed by atoms with Crippen molar-refractivity contribution in [2.24, 2.45) is 0 Å². The van der Waals surface area contributed by atoms with Gasteiger partial charge >= 0.3 is 0 Å². The van der Waals surface area contributed by atoms with E-state index in [2.05, 4.69) is 14.8 Å². The predicted octanol–water partition coefficient (Wildman–Crippen LogP) is 3.41. The molecule has 4 rings (SSSR count). The lowest BCUT2D eigenvalue weighted by Gasteiger charge is -2.05. The molecule has 0 atom stereocenters. The monoisotopic (exact) mass is 404 g/mol. The Hall–Kier alpha value is -2.98. The molecule has 0 aliphatic heterocycles. The highest BCUT2D eigenvalue weighted by molar-refractivity contribution is 7.92. The number of rotatable bonds is 5. The summed E-state index contributed by atoms with van der Waals surface area (Å²) in [7, 11) is -2.33. The Morgan fingerprint density at radius 2 is 1.81 bits per heavy atom. The molecule has 0 aliphatic carbocycles. The van der Waals surface area contributed by atoms with Crippen molar-refractivity contribution in [2.45, 2.75) is 4.90 Å². The quantitative estimate of drug-likeness (QED) is 0.551. The maximum atomic E-state index is 13.1. The number of benzene rings is 2. The number of halogens is 1. The molecule has 27 heavy (non-hydrogen) atoms. The van der Waals surface area contributed by atoms with Crippen LogP contribution >= 0.6 is 11.3 Å². The summed E-state index contributed by atoms with van der Waals surface area (Å²) in [5.74, 6) is 0.177. The fourth-order valence-electron chi connectivity index (χ4n) is 2.48. The molecular formula is C17H13FN4O3S2. The molecule has 0 bridgehead atoms. The second-order valence-electron chi connectivity index (χ2n) is 5.54. The summed E-state index contributed by atoms with van der Waals surface area (Å²) >= 11 is 1.30. The van der Waals surface area contributed by atoms with Gasteiger partial charge in [0, 0.05) is 10.9 Å². The van der Waals surface area contributed by atoms with E-state index in [4.69, 9.17) is 4.74 Å². The lowest BCUT2D eigenvalue weighted by molar-refractivity contribution is 0.414. The van der Waals surface area contributed by atoms with Gasteiger partial charge in [-0.3, -0.25) is 0 Å². The molecule has 2 aromatic heterocycles. The van der Waals surface area contributed by atoms with E-state index >= 15 is 0 Å². The summed E-state index contributed by atoms with van der Waals surface area (Å²) in [4.78, 5) is 4.79. The lowest BCUT2D eigenvalue weighted by atomic mass is 10.2. The number of fused-ring (bicyclic) bond motifs is 1. The van der Waals surface area contributed by atoms with Crippen LogP contribution in [0.25, 0.3) is 16.2 Å². The van der Waals surface area contributed by atoms with Crippen LogP contribution in [0.4, 0.5) is 10.3 Å². The highest BCUT2D eigenvalue weighted by Gasteiger charge is 2.19. The van der Waals surface area contributed by atoms with E-state index in [0.29, 0.717) is 16.4 Å². The number of hydrogen-bond acceptors (Lipinski definition) is 6. The van der Waals surface area contributed by atoms with E-state index in [1.54, 1.807) is 24.3 Å². The van der Waals surface area contributed by atoms with E-state index in [1.807, 2.05) is 5.38 Å². The van der Waals surface area contributed by atoms with Crippen molar-refractivity contribution in [2.75, 3.05) is 11.8 Å². The van der Waals surface area contributed by atoms with Crippen LogP contribution in [0.3, 0.4) is 0 Å². The number of hydrogen-bond donors (Lipinski definition) is 1. The SMILES string of the molecule is COc1ccc(S(=O)(=O)Nc2nc3scc(-c4ccc(F)cc4)n3n2)cc1. The van der Waals surface area contributed by atoms with Gasteiger partial charge in [-0.05, 0) is 48.5 Å². The van der Waals surface area contributed by atoms with Gasteiger partial charge in [-0.2, -0.15) is 4.98 Å². The standard InChI is InChI=1S/C17H13FN4O3S2/c1-25-13-6-8-14(9-7-13)27(23,24)21-16-19-17-22(20-16)15(10-26-17)11-2-4-12(18)5-3-11/h2-10H,1H3,(H,20,21). The molecule has 10 heteroatoms. The van der Waals surface area contributed by atoms with Gasteiger partial charge in [0.25, 0.3) is 16.0 Å². The highest BCUT2D eigenvalue weighted by Crippen LogP contribution is 2.26. The molecule has 4 aromatic rings. The zero-order valence-corrected chi connectivity index (χ0v) is 15.6. The molecule has 1 N–H and O–H groups in total. The Bertz CT molecular complexity index is 1200. The van der Waals surface area contributed by atoms with Crippen LogP contribution < -0.4 is 9.46 Å². The van der Waals surface area contributed by atoms with Crippen molar-refractivity contribution in [3.8, 4) is 17.0 Å². The number of nitrogens with zero attached hydrogens (tertiary/aromatic N) is 3. The summed E-state index contributed by atoms with van der Waals surface area (Å²) in [5, 5.41) is 6.05. The topological polar surface area (TPSA) is 85.6 Å². The number of aromatic nitrogens is 3. The van der Waals surface area contributed by atoms with E-state index in [-0.39, 0.29) is 16.7 Å². The van der Waals surface area contributed by atoms with Gasteiger partial charge in [-0.1, -0.05) is 0 Å². The molecular weight excluding hydrogens is 391 g/mol. The van der Waals surface area contributed by atoms with Crippen LogP contribution in [-0.2, 0) is 10.0 Å². The van der Waals surface area contributed by atoms with Crippen molar-refractivity contribution in [1.82, 2.24) is 14.6 Å². The average molecular weight is 404 g/mol. The van der Waals surface area contributed by atoms with E-state index in [0.717, 1.165) is 5.56 Å². The van der Waals surface area contributed by atoms with Gasteiger partial charge in [-0.15, -0.1) is 16.4 Å². The fourth-order valence-corrected chi connectivity index (χ4v) is 4.25. The largest absolute Gasteiger partial charge is 0.497 e. The molecule has 0 saturated carbocycles. The Morgan fingerprint density at radius 1 is 1.11 bits per heavy atom. The van der Waals surface area contributed by atoms with Gasteiger partial charge < -0.3 is 4.74 Å². The second-order valence-corrected chi connectivity index (χ2v) is 8.06. The fraction of sp³-hybridized carbons (Fsp3) is 0.0588. The van der Waals surface area contributed by atoms with E-state index in [1.165, 1.54) is 47.2 Å². The summed E-state index contributed by atoms with van der Waals surface area (Å²) in [5.41, 5.74) is 1.44. The molecule has 0 aliphatic rings. The maximum absolute atomic E-state index is 13.1. The number of anilines is 1. The van der Waals surface area contributed by atoms with Crippen molar-refractivity contribution in [1.29, 1.82) is 0 Å². The normalized spacial score (nSPS) is 11.6. The summed E-state index contributed by atoms with van der Waals surface area (Å²) in [6.45, 7) is 0. The number of nitrogens with one attached hydrogen (secondary N) is 1. The lowest BCUT2D eigenvalue weighted by Crippen LogP contribution is -2.14. The van der Waals surface area contributed by atoms with Gasteiger partial charge in [0.1, 0.15) is 11.6 Å². The van der Waals surface area contributed by atoms with Crippen molar-refractivity contribution < 1.29 is 17.5 Å². The Kier molecular flexibility index (Phi) is 4.28. The minimum atomic E-state index is -3.84. The third-order valence-corrected chi connectivity index (χ3v) is 5.98. The Morgan fingerprint density at radius 3 is 2.48 bits per heavy atom. The molecule has 0 radical (unpaired) electrons. The highest BCUT2D eigenvalue weighted by atomic mass is 32.2. The van der Waals surface area contributed by atoms with E-state index in [9.17, 15) is 12.8 Å². The third-order valence-electron chi connectivity index (χ3n) is 3.82. The zero-order valence-electron chi connectivity index (χ0n) is 14.0. The van der Waals surface area contributed by atoms with Crippen LogP contribution in [0.2, 0.25) is 0 Å². The van der Waals surface area contributed by atoms with Crippen LogP contribution in [-0.4, -0.2) is 30.1 Å².